The summed E-state index contributed by atoms with van der Waals surface area (Å²) in [5, 5.41) is 15.5. The summed E-state index contributed by atoms with van der Waals surface area (Å²) in [6.07, 6.45) is 2.84. The van der Waals surface area contributed by atoms with E-state index in [-0.39, 0.29) is 12.0 Å². The predicted molar refractivity (Wildman–Crippen MR) is 78.0 cm³/mol. The molecule has 0 saturated carbocycles. The first kappa shape index (κ1) is 15.7. The van der Waals surface area contributed by atoms with Gasteiger partial charge in [-0.3, -0.25) is 4.79 Å². The van der Waals surface area contributed by atoms with Crippen LogP contribution < -0.4 is 10.6 Å². The fourth-order valence-corrected chi connectivity index (χ4v) is 1.52. The molecule has 0 aromatic heterocycles. The van der Waals surface area contributed by atoms with Crippen LogP contribution in [0.5, 0.6) is 0 Å². The van der Waals surface area contributed by atoms with Gasteiger partial charge in [-0.25, -0.2) is 0 Å². The number of carbonyl (C=O) groups excluding carboxylic acids is 1. The molecule has 19 heavy (non-hydrogen) atoms. The van der Waals surface area contributed by atoms with Gasteiger partial charge in [-0.2, -0.15) is 0 Å². The van der Waals surface area contributed by atoms with Crippen molar-refractivity contribution in [3.05, 3.63) is 40.9 Å². The van der Waals surface area contributed by atoms with Crippen molar-refractivity contribution in [2.45, 2.75) is 13.0 Å². The van der Waals surface area contributed by atoms with Gasteiger partial charge in [0.15, 0.2) is 0 Å². The van der Waals surface area contributed by atoms with Crippen LogP contribution in [0.2, 0.25) is 5.02 Å². The number of hydrogen-bond acceptors (Lipinski definition) is 3. The minimum Gasteiger partial charge on any atom is -0.392 e. The first-order valence-corrected chi connectivity index (χ1v) is 6.56. The molecule has 0 aliphatic rings. The Bertz CT molecular complexity index is 416. The van der Waals surface area contributed by atoms with Crippen LogP contribution in [-0.2, 0) is 4.79 Å². The van der Waals surface area contributed by atoms with E-state index in [0.29, 0.717) is 24.7 Å². The number of nitrogens with one attached hydrogen (secondary N) is 2. The van der Waals surface area contributed by atoms with Crippen molar-refractivity contribution in [2.75, 3.05) is 19.6 Å². The first-order valence-electron chi connectivity index (χ1n) is 6.18. The van der Waals surface area contributed by atoms with Crippen molar-refractivity contribution < 1.29 is 9.90 Å². The van der Waals surface area contributed by atoms with Gasteiger partial charge >= 0.3 is 0 Å². The van der Waals surface area contributed by atoms with Gasteiger partial charge in [0.25, 0.3) is 0 Å². The third-order valence-electron chi connectivity index (χ3n) is 2.34. The van der Waals surface area contributed by atoms with Gasteiger partial charge in [0.05, 0.1) is 6.10 Å². The maximum Gasteiger partial charge on any atom is 0.244 e. The van der Waals surface area contributed by atoms with Crippen LogP contribution in [-0.4, -0.2) is 36.8 Å². The molecule has 0 aliphatic carbocycles. The standard InChI is InChI=1S/C14H19ClN2O2/c1-11(18)10-16-8-9-17-14(19)7-4-12-2-5-13(15)6-3-12/h2-7,11,16,18H,8-10H2,1H3,(H,17,19)/b7-4+. The maximum atomic E-state index is 11.5. The number of hydrogen-bond donors (Lipinski definition) is 3. The quantitative estimate of drug-likeness (QED) is 0.524. The molecule has 1 rings (SSSR count). The van der Waals surface area contributed by atoms with Crippen molar-refractivity contribution in [1.29, 1.82) is 0 Å². The van der Waals surface area contributed by atoms with E-state index in [9.17, 15) is 4.79 Å². The summed E-state index contributed by atoms with van der Waals surface area (Å²) in [4.78, 5) is 11.5. The van der Waals surface area contributed by atoms with E-state index in [1.165, 1.54) is 6.08 Å². The van der Waals surface area contributed by atoms with Crippen molar-refractivity contribution in [3.63, 3.8) is 0 Å². The van der Waals surface area contributed by atoms with E-state index >= 15 is 0 Å². The predicted octanol–water partition coefficient (Wildman–Crippen LogP) is 1.44. The van der Waals surface area contributed by atoms with E-state index in [1.807, 2.05) is 12.1 Å². The molecule has 4 nitrogen and oxygen atoms in total. The lowest BCUT2D eigenvalue weighted by molar-refractivity contribution is -0.116. The number of rotatable bonds is 7. The summed E-state index contributed by atoms with van der Waals surface area (Å²) in [7, 11) is 0. The Balaban J connectivity index is 2.22. The highest BCUT2D eigenvalue weighted by molar-refractivity contribution is 6.30. The molecule has 5 heteroatoms. The monoisotopic (exact) mass is 282 g/mol. The third-order valence-corrected chi connectivity index (χ3v) is 2.59. The Kier molecular flexibility index (Phi) is 7.18. The van der Waals surface area contributed by atoms with E-state index in [1.54, 1.807) is 25.1 Å². The van der Waals surface area contributed by atoms with Crippen molar-refractivity contribution in [2.24, 2.45) is 0 Å². The first-order chi connectivity index (χ1) is 9.08. The lowest BCUT2D eigenvalue weighted by Crippen LogP contribution is -2.33. The van der Waals surface area contributed by atoms with Crippen LogP contribution in [0.1, 0.15) is 12.5 Å². The second-order valence-corrected chi connectivity index (χ2v) is 4.67. The zero-order chi connectivity index (χ0) is 14.1. The van der Waals surface area contributed by atoms with Gasteiger partial charge in [0.2, 0.25) is 5.91 Å². The highest BCUT2D eigenvalue weighted by Gasteiger charge is 1.96. The number of halogens is 1. The minimum absolute atomic E-state index is 0.145. The molecule has 0 aliphatic heterocycles. The van der Waals surface area contributed by atoms with Gasteiger partial charge in [-0.1, -0.05) is 23.7 Å². The fourth-order valence-electron chi connectivity index (χ4n) is 1.39. The van der Waals surface area contributed by atoms with Crippen LogP contribution in [0.15, 0.2) is 30.3 Å². The maximum absolute atomic E-state index is 11.5. The van der Waals surface area contributed by atoms with Crippen LogP contribution in [0.4, 0.5) is 0 Å². The highest BCUT2D eigenvalue weighted by atomic mass is 35.5. The SMILES string of the molecule is CC(O)CNCCNC(=O)/C=C/c1ccc(Cl)cc1. The smallest absolute Gasteiger partial charge is 0.244 e. The number of carbonyl (C=O) groups is 1. The number of aliphatic hydroxyl groups excluding tert-OH is 1. The normalized spacial score (nSPS) is 12.6. The average Bonchev–Trinajstić information content (AvgIpc) is 2.37. The van der Waals surface area contributed by atoms with E-state index < -0.39 is 0 Å². The molecule has 1 aromatic carbocycles. The summed E-state index contributed by atoms with van der Waals surface area (Å²) >= 11 is 5.77. The molecular weight excluding hydrogens is 264 g/mol. The zero-order valence-corrected chi connectivity index (χ0v) is 11.7. The van der Waals surface area contributed by atoms with Crippen LogP contribution in [0.25, 0.3) is 6.08 Å². The molecule has 0 radical (unpaired) electrons. The summed E-state index contributed by atoms with van der Waals surface area (Å²) in [6.45, 7) is 3.39. The Morgan fingerprint density at radius 1 is 1.37 bits per heavy atom. The molecule has 3 N–H and O–H groups in total. The third kappa shape index (κ3) is 7.62. The molecule has 1 atom stereocenters. The van der Waals surface area contributed by atoms with Crippen molar-refractivity contribution >= 4 is 23.6 Å². The molecule has 104 valence electrons. The summed E-state index contributed by atoms with van der Waals surface area (Å²) in [5.41, 5.74) is 0.923. The van der Waals surface area contributed by atoms with E-state index in [0.717, 1.165) is 5.56 Å². The van der Waals surface area contributed by atoms with Crippen LogP contribution in [0, 0.1) is 0 Å². The summed E-state index contributed by atoms with van der Waals surface area (Å²) in [5.74, 6) is -0.145. The second-order valence-electron chi connectivity index (χ2n) is 4.23. The van der Waals surface area contributed by atoms with Gasteiger partial charge < -0.3 is 15.7 Å². The van der Waals surface area contributed by atoms with Crippen LogP contribution >= 0.6 is 11.6 Å². The van der Waals surface area contributed by atoms with Gasteiger partial charge in [-0.15, -0.1) is 0 Å². The molecule has 1 unspecified atom stereocenters. The molecule has 1 aromatic rings. The van der Waals surface area contributed by atoms with E-state index in [2.05, 4.69) is 10.6 Å². The Morgan fingerprint density at radius 2 is 2.05 bits per heavy atom. The molecule has 0 spiro atoms. The summed E-state index contributed by atoms with van der Waals surface area (Å²) < 4.78 is 0. The molecular formula is C14H19ClN2O2. The number of benzene rings is 1. The van der Waals surface area contributed by atoms with Crippen molar-refractivity contribution in [1.82, 2.24) is 10.6 Å². The fraction of sp³-hybridized carbons (Fsp3) is 0.357. The highest BCUT2D eigenvalue weighted by Crippen LogP contribution is 2.10. The average molecular weight is 283 g/mol. The van der Waals surface area contributed by atoms with E-state index in [4.69, 9.17) is 16.7 Å². The lowest BCUT2D eigenvalue weighted by atomic mass is 10.2. The Morgan fingerprint density at radius 3 is 2.68 bits per heavy atom. The topological polar surface area (TPSA) is 61.4 Å². The number of amides is 1. The molecule has 0 heterocycles. The molecule has 0 fully saturated rings. The Hall–Kier alpha value is -1.36. The van der Waals surface area contributed by atoms with Crippen LogP contribution in [0.3, 0.4) is 0 Å². The molecule has 1 amide bonds. The largest absolute Gasteiger partial charge is 0.392 e. The Labute approximate surface area is 118 Å². The number of aliphatic hydroxyl groups is 1. The lowest BCUT2D eigenvalue weighted by Gasteiger charge is -2.06. The summed E-state index contributed by atoms with van der Waals surface area (Å²) in [6, 6.07) is 7.24. The van der Waals surface area contributed by atoms with Gasteiger partial charge in [-0.05, 0) is 30.7 Å². The molecule has 0 saturated heterocycles. The zero-order valence-electron chi connectivity index (χ0n) is 10.9. The second kappa shape index (κ2) is 8.69. The van der Waals surface area contributed by atoms with Crippen molar-refractivity contribution in [3.8, 4) is 0 Å². The van der Waals surface area contributed by atoms with Gasteiger partial charge in [0.1, 0.15) is 0 Å². The van der Waals surface area contributed by atoms with Gasteiger partial charge in [0, 0.05) is 30.7 Å². The molecule has 0 bridgehead atoms. The minimum atomic E-state index is -0.375.